The highest BCUT2D eigenvalue weighted by molar-refractivity contribution is 6.02. The first-order valence-electron chi connectivity index (χ1n) is 10.3. The molecular weight excluding hydrogens is 441 g/mol. The molecular formula is C25H22FN3O5. The molecule has 9 heteroatoms. The maximum absolute atomic E-state index is 13.6. The van der Waals surface area contributed by atoms with E-state index in [2.05, 4.69) is 10.6 Å². The van der Waals surface area contributed by atoms with Crippen LogP contribution in [-0.2, 0) is 20.7 Å². The smallest absolute Gasteiger partial charge is 0.329 e. The number of anilines is 1. The highest BCUT2D eigenvalue weighted by atomic mass is 19.1. The topological polar surface area (TPSA) is 114 Å². The van der Waals surface area contributed by atoms with E-state index in [1.807, 2.05) is 11.4 Å². The molecule has 3 aromatic carbocycles. The molecule has 0 unspecified atom stereocenters. The summed E-state index contributed by atoms with van der Waals surface area (Å²) in [5.74, 6) is -2.92. The van der Waals surface area contributed by atoms with Crippen molar-refractivity contribution in [3.63, 3.8) is 0 Å². The zero-order valence-corrected chi connectivity index (χ0v) is 18.0. The Morgan fingerprint density at radius 1 is 0.824 bits per heavy atom. The van der Waals surface area contributed by atoms with E-state index >= 15 is 0 Å². The van der Waals surface area contributed by atoms with Gasteiger partial charge in [-0.25, -0.2) is 14.0 Å². The Labute approximate surface area is 195 Å². The Balaban J connectivity index is 1.58. The first kappa shape index (κ1) is 24.1. The Hall–Kier alpha value is -4.53. The number of nitrogens with one attached hydrogen (secondary N) is 3. The van der Waals surface area contributed by atoms with E-state index in [4.69, 9.17) is 4.74 Å². The minimum atomic E-state index is -1.07. The van der Waals surface area contributed by atoms with Crippen molar-refractivity contribution in [2.24, 2.45) is 0 Å². The number of halogens is 1. The zero-order valence-electron chi connectivity index (χ0n) is 18.0. The number of esters is 1. The maximum Gasteiger partial charge on any atom is 0.329 e. The lowest BCUT2D eigenvalue weighted by Crippen LogP contribution is -2.45. The van der Waals surface area contributed by atoms with Crippen molar-refractivity contribution in [1.82, 2.24) is 10.6 Å². The number of hydrogen-bond acceptors (Lipinski definition) is 5. The van der Waals surface area contributed by atoms with Crippen molar-refractivity contribution >= 4 is 29.5 Å². The average Bonchev–Trinajstić information content (AvgIpc) is 2.84. The molecule has 174 valence electrons. The summed E-state index contributed by atoms with van der Waals surface area (Å²) in [6, 6.07) is 20.7. The number of para-hydroxylation sites is 1. The third kappa shape index (κ3) is 7.27. The summed E-state index contributed by atoms with van der Waals surface area (Å²) >= 11 is 0. The zero-order chi connectivity index (χ0) is 24.3. The quantitative estimate of drug-likeness (QED) is 0.445. The average molecular weight is 463 g/mol. The van der Waals surface area contributed by atoms with E-state index in [-0.39, 0.29) is 12.1 Å². The molecule has 3 aromatic rings. The van der Waals surface area contributed by atoms with Crippen molar-refractivity contribution in [3.8, 4) is 0 Å². The molecule has 0 saturated heterocycles. The summed E-state index contributed by atoms with van der Waals surface area (Å²) in [7, 11) is 0. The minimum Gasteiger partial charge on any atom is -0.454 e. The molecule has 8 nitrogen and oxygen atoms in total. The van der Waals surface area contributed by atoms with Crippen LogP contribution >= 0.6 is 0 Å². The molecule has 0 bridgehead atoms. The van der Waals surface area contributed by atoms with E-state index in [1.54, 1.807) is 54.6 Å². The van der Waals surface area contributed by atoms with Gasteiger partial charge in [0, 0.05) is 12.0 Å². The summed E-state index contributed by atoms with van der Waals surface area (Å²) in [5.41, 5.74) is 1.01. The van der Waals surface area contributed by atoms with Gasteiger partial charge < -0.3 is 15.4 Å². The molecule has 0 saturated carbocycles. The number of imide groups is 1. The molecule has 1 atom stereocenters. The van der Waals surface area contributed by atoms with E-state index < -0.39 is 42.3 Å². The number of hydrogen-bond donors (Lipinski definition) is 3. The molecule has 4 amide bonds. The van der Waals surface area contributed by atoms with Crippen LogP contribution in [0.5, 0.6) is 0 Å². The standard InChI is InChI=1S/C25H22FN3O5/c26-19-13-7-8-14-20(19)28-25(33)29-22(30)16-34-24(32)21(15-17-9-3-1-4-10-17)27-23(31)18-11-5-2-6-12-18/h1-14,21H,15-16H2,(H,27,31)(H2,28,29,30,33)/t21-/m1/s1. The lowest BCUT2D eigenvalue weighted by Gasteiger charge is -2.18. The van der Waals surface area contributed by atoms with Gasteiger partial charge in [-0.1, -0.05) is 60.7 Å². The third-order valence-electron chi connectivity index (χ3n) is 4.63. The van der Waals surface area contributed by atoms with Crippen LogP contribution in [-0.4, -0.2) is 36.5 Å². The second-order valence-corrected chi connectivity index (χ2v) is 7.17. The summed E-state index contributed by atoms with van der Waals surface area (Å²) < 4.78 is 18.6. The molecule has 3 rings (SSSR count). The van der Waals surface area contributed by atoms with Crippen molar-refractivity contribution in [3.05, 3.63) is 102 Å². The molecule has 0 spiro atoms. The van der Waals surface area contributed by atoms with Crippen molar-refractivity contribution in [2.75, 3.05) is 11.9 Å². The molecule has 0 aromatic heterocycles. The van der Waals surface area contributed by atoms with Gasteiger partial charge in [-0.05, 0) is 29.8 Å². The van der Waals surface area contributed by atoms with Gasteiger partial charge in [0.1, 0.15) is 11.9 Å². The largest absolute Gasteiger partial charge is 0.454 e. The van der Waals surface area contributed by atoms with E-state index in [0.29, 0.717) is 5.56 Å². The highest BCUT2D eigenvalue weighted by Crippen LogP contribution is 2.12. The van der Waals surface area contributed by atoms with Gasteiger partial charge in [0.15, 0.2) is 6.61 Å². The van der Waals surface area contributed by atoms with Crippen LogP contribution in [0.25, 0.3) is 0 Å². The Bertz CT molecular complexity index is 1160. The Morgan fingerprint density at radius 2 is 1.44 bits per heavy atom. The number of ether oxygens (including phenoxy) is 1. The minimum absolute atomic E-state index is 0.114. The highest BCUT2D eigenvalue weighted by Gasteiger charge is 2.24. The van der Waals surface area contributed by atoms with Crippen LogP contribution in [0.15, 0.2) is 84.9 Å². The molecule has 0 aliphatic rings. The second-order valence-electron chi connectivity index (χ2n) is 7.17. The van der Waals surface area contributed by atoms with Crippen molar-refractivity contribution in [2.45, 2.75) is 12.5 Å². The summed E-state index contributed by atoms with van der Waals surface area (Å²) in [4.78, 5) is 49.1. The van der Waals surface area contributed by atoms with E-state index in [9.17, 15) is 23.6 Å². The fourth-order valence-electron chi connectivity index (χ4n) is 2.99. The van der Waals surface area contributed by atoms with Gasteiger partial charge in [0.25, 0.3) is 11.8 Å². The number of urea groups is 1. The molecule has 34 heavy (non-hydrogen) atoms. The number of carbonyl (C=O) groups is 4. The Morgan fingerprint density at radius 3 is 2.12 bits per heavy atom. The maximum atomic E-state index is 13.6. The summed E-state index contributed by atoms with van der Waals surface area (Å²) in [6.07, 6.45) is 0.133. The predicted octanol–water partition coefficient (Wildman–Crippen LogP) is 3.06. The number of rotatable bonds is 8. The van der Waals surface area contributed by atoms with Crippen LogP contribution in [0.4, 0.5) is 14.9 Å². The monoisotopic (exact) mass is 463 g/mol. The number of carbonyl (C=O) groups excluding carboxylic acids is 4. The number of amides is 4. The molecule has 0 fully saturated rings. The van der Waals surface area contributed by atoms with Crippen LogP contribution in [0.1, 0.15) is 15.9 Å². The van der Waals surface area contributed by atoms with E-state index in [0.717, 1.165) is 11.6 Å². The SMILES string of the molecule is O=C(COC(=O)[C@@H](Cc1ccccc1)NC(=O)c1ccccc1)NC(=O)Nc1ccccc1F. The molecule has 0 radical (unpaired) electrons. The summed E-state index contributed by atoms with van der Waals surface area (Å²) in [6.45, 7) is -0.768. The van der Waals surface area contributed by atoms with Crippen molar-refractivity contribution < 1.29 is 28.3 Å². The van der Waals surface area contributed by atoms with Crippen LogP contribution in [0, 0.1) is 5.82 Å². The Kier molecular flexibility index (Phi) is 8.45. The molecule has 0 heterocycles. The molecule has 0 aliphatic carbocycles. The fourth-order valence-corrected chi connectivity index (χ4v) is 2.99. The van der Waals surface area contributed by atoms with Crippen LogP contribution < -0.4 is 16.0 Å². The fraction of sp³-hybridized carbons (Fsp3) is 0.120. The summed E-state index contributed by atoms with van der Waals surface area (Å²) in [5, 5.41) is 6.75. The van der Waals surface area contributed by atoms with Gasteiger partial charge >= 0.3 is 12.0 Å². The van der Waals surface area contributed by atoms with Gasteiger partial charge in [0.2, 0.25) is 0 Å². The van der Waals surface area contributed by atoms with Gasteiger partial charge in [-0.3, -0.25) is 14.9 Å². The van der Waals surface area contributed by atoms with Gasteiger partial charge in [-0.15, -0.1) is 0 Å². The first-order valence-corrected chi connectivity index (χ1v) is 10.3. The van der Waals surface area contributed by atoms with Gasteiger partial charge in [-0.2, -0.15) is 0 Å². The lowest BCUT2D eigenvalue weighted by atomic mass is 10.1. The van der Waals surface area contributed by atoms with Crippen LogP contribution in [0.2, 0.25) is 0 Å². The molecule has 0 aliphatic heterocycles. The predicted molar refractivity (Wildman–Crippen MR) is 122 cm³/mol. The van der Waals surface area contributed by atoms with Crippen molar-refractivity contribution in [1.29, 1.82) is 0 Å². The van der Waals surface area contributed by atoms with Gasteiger partial charge in [0.05, 0.1) is 5.69 Å². The third-order valence-corrected chi connectivity index (χ3v) is 4.63. The first-order chi connectivity index (χ1) is 16.4. The second kappa shape index (κ2) is 11.9. The lowest BCUT2D eigenvalue weighted by molar-refractivity contribution is -0.150. The number of benzene rings is 3. The molecule has 3 N–H and O–H groups in total. The normalized spacial score (nSPS) is 11.1. The van der Waals surface area contributed by atoms with Crippen LogP contribution in [0.3, 0.4) is 0 Å². The van der Waals surface area contributed by atoms with E-state index in [1.165, 1.54) is 18.2 Å².